The number of likely N-dealkylation sites (tertiary alicyclic amines) is 1. The summed E-state index contributed by atoms with van der Waals surface area (Å²) in [4.78, 5) is 15.3. The normalized spacial score (nSPS) is 52.0. The Morgan fingerprint density at radius 3 is 2.54 bits per heavy atom. The Kier molecular flexibility index (Phi) is 3.85. The molecular weight excluding hydrogens is 294 g/mol. The number of Topliss-reactive ketones (excluding diaryl/α,β-unsaturated/α-hetero) is 1. The highest BCUT2D eigenvalue weighted by Gasteiger charge is 2.57. The summed E-state index contributed by atoms with van der Waals surface area (Å²) in [5.41, 5.74) is 0.0702. The van der Waals surface area contributed by atoms with Gasteiger partial charge >= 0.3 is 0 Å². The predicted octanol–water partition coefficient (Wildman–Crippen LogP) is 4.67. The number of hydrogen-bond donors (Lipinski definition) is 0. The van der Waals surface area contributed by atoms with E-state index in [4.69, 9.17) is 0 Å². The molecule has 5 aliphatic rings. The monoisotopic (exact) mass is 329 g/mol. The molecule has 0 N–H and O–H groups in total. The number of hydrogen-bond acceptors (Lipinski definition) is 2. The van der Waals surface area contributed by atoms with Gasteiger partial charge in [0, 0.05) is 17.9 Å². The molecule has 2 nitrogen and oxygen atoms in total. The van der Waals surface area contributed by atoms with E-state index < -0.39 is 0 Å². The molecule has 134 valence electrons. The van der Waals surface area contributed by atoms with E-state index in [0.717, 1.165) is 42.1 Å². The van der Waals surface area contributed by atoms with Crippen LogP contribution in [0, 0.1) is 35.0 Å². The molecule has 0 bridgehead atoms. The quantitative estimate of drug-likeness (QED) is 0.696. The summed E-state index contributed by atoms with van der Waals surface area (Å²) < 4.78 is 0. The number of ketones is 1. The lowest BCUT2D eigenvalue weighted by Crippen LogP contribution is -2.50. The van der Waals surface area contributed by atoms with Crippen molar-refractivity contribution < 1.29 is 4.79 Å². The second kappa shape index (κ2) is 5.83. The highest BCUT2D eigenvalue weighted by molar-refractivity contribution is 5.87. The van der Waals surface area contributed by atoms with Gasteiger partial charge in [-0.25, -0.2) is 0 Å². The lowest BCUT2D eigenvalue weighted by molar-refractivity contribution is -0.133. The summed E-state index contributed by atoms with van der Waals surface area (Å²) >= 11 is 0. The van der Waals surface area contributed by atoms with Crippen LogP contribution < -0.4 is 0 Å². The lowest BCUT2D eigenvalue weighted by atomic mass is 9.50. The van der Waals surface area contributed by atoms with Crippen LogP contribution in [0.2, 0.25) is 0 Å². The minimum atomic E-state index is 0.0702. The van der Waals surface area contributed by atoms with Gasteiger partial charge < -0.3 is 4.90 Å². The first kappa shape index (κ1) is 15.9. The fourth-order valence-electron chi connectivity index (χ4n) is 8.04. The summed E-state index contributed by atoms with van der Waals surface area (Å²) in [6.45, 7) is 5.06. The first-order chi connectivity index (χ1) is 11.7. The van der Waals surface area contributed by atoms with Crippen molar-refractivity contribution in [3.05, 3.63) is 0 Å². The van der Waals surface area contributed by atoms with E-state index in [9.17, 15) is 4.79 Å². The molecular formula is C22H35NO. The molecule has 1 unspecified atom stereocenters. The van der Waals surface area contributed by atoms with E-state index in [-0.39, 0.29) is 5.41 Å². The van der Waals surface area contributed by atoms with Gasteiger partial charge in [-0.05, 0) is 107 Å². The number of fused-ring (bicyclic) bond motifs is 5. The van der Waals surface area contributed by atoms with E-state index in [0.29, 0.717) is 5.78 Å². The van der Waals surface area contributed by atoms with Crippen molar-refractivity contribution in [3.8, 4) is 0 Å². The number of carbonyl (C=O) groups excluding carboxylic acids is 1. The standard InChI is InChI=1S/C22H35NO/c1-22-11-10-18-17-7-5-16(23-12-2-3-13-23)14-15(17)4-6-19(18)20(22)8-9-21(22)24/h15-20H,2-14H2,1H3/t15-,16-,17-,18+,19?,20-,22-/m0/s1. The largest absolute Gasteiger partial charge is 0.300 e. The summed E-state index contributed by atoms with van der Waals surface area (Å²) in [6, 6.07) is 0.909. The molecule has 0 aromatic carbocycles. The molecule has 7 atom stereocenters. The molecule has 1 aliphatic heterocycles. The summed E-state index contributed by atoms with van der Waals surface area (Å²) in [5, 5.41) is 0. The van der Waals surface area contributed by atoms with Crippen molar-refractivity contribution in [2.75, 3.05) is 13.1 Å². The van der Waals surface area contributed by atoms with Crippen LogP contribution in [-0.4, -0.2) is 29.8 Å². The number of carbonyl (C=O) groups is 1. The third-order valence-electron chi connectivity index (χ3n) is 9.29. The average molecular weight is 330 g/mol. The topological polar surface area (TPSA) is 20.3 Å². The van der Waals surface area contributed by atoms with E-state index in [1.165, 1.54) is 77.3 Å². The fourth-order valence-corrected chi connectivity index (χ4v) is 8.04. The predicted molar refractivity (Wildman–Crippen MR) is 96.7 cm³/mol. The van der Waals surface area contributed by atoms with Crippen LogP contribution in [0.25, 0.3) is 0 Å². The zero-order chi connectivity index (χ0) is 16.3. The molecule has 24 heavy (non-hydrogen) atoms. The SMILES string of the molecule is C[C@]12CC[C@H]3C(CC[C@H]4C[C@@H](N5CCCC5)CC[C@@H]43)[C@@H]1CCC2=O. The van der Waals surface area contributed by atoms with Gasteiger partial charge in [0.1, 0.15) is 5.78 Å². The van der Waals surface area contributed by atoms with Crippen LogP contribution in [0.5, 0.6) is 0 Å². The molecule has 0 aromatic rings. The summed E-state index contributed by atoms with van der Waals surface area (Å²) in [5.74, 6) is 5.20. The summed E-state index contributed by atoms with van der Waals surface area (Å²) in [6.07, 6.45) is 14.9. The first-order valence-electron chi connectivity index (χ1n) is 10.9. The first-order valence-corrected chi connectivity index (χ1v) is 10.9. The van der Waals surface area contributed by atoms with Gasteiger partial charge in [-0.2, -0.15) is 0 Å². The van der Waals surface area contributed by atoms with E-state index >= 15 is 0 Å². The molecule has 2 heteroatoms. The zero-order valence-electron chi connectivity index (χ0n) is 15.5. The van der Waals surface area contributed by atoms with Crippen molar-refractivity contribution in [1.29, 1.82) is 0 Å². The Morgan fingerprint density at radius 1 is 0.917 bits per heavy atom. The van der Waals surface area contributed by atoms with Gasteiger partial charge in [-0.1, -0.05) is 6.92 Å². The van der Waals surface area contributed by atoms with Gasteiger partial charge in [-0.3, -0.25) is 4.79 Å². The maximum Gasteiger partial charge on any atom is 0.139 e. The van der Waals surface area contributed by atoms with Gasteiger partial charge in [0.2, 0.25) is 0 Å². The zero-order valence-corrected chi connectivity index (χ0v) is 15.5. The third kappa shape index (κ3) is 2.27. The van der Waals surface area contributed by atoms with Gasteiger partial charge in [0.05, 0.1) is 0 Å². The molecule has 0 radical (unpaired) electrons. The molecule has 1 saturated heterocycles. The Morgan fingerprint density at radius 2 is 1.71 bits per heavy atom. The molecule has 1 heterocycles. The van der Waals surface area contributed by atoms with Crippen LogP contribution >= 0.6 is 0 Å². The van der Waals surface area contributed by atoms with Gasteiger partial charge in [0.25, 0.3) is 0 Å². The highest BCUT2D eigenvalue weighted by atomic mass is 16.1. The highest BCUT2D eigenvalue weighted by Crippen LogP contribution is 2.61. The maximum atomic E-state index is 12.5. The van der Waals surface area contributed by atoms with Crippen molar-refractivity contribution in [3.63, 3.8) is 0 Å². The minimum Gasteiger partial charge on any atom is -0.300 e. The van der Waals surface area contributed by atoms with E-state index in [2.05, 4.69) is 11.8 Å². The molecule has 0 spiro atoms. The van der Waals surface area contributed by atoms with Crippen LogP contribution in [0.15, 0.2) is 0 Å². The summed E-state index contributed by atoms with van der Waals surface area (Å²) in [7, 11) is 0. The van der Waals surface area contributed by atoms with Crippen LogP contribution in [0.3, 0.4) is 0 Å². The minimum absolute atomic E-state index is 0.0702. The van der Waals surface area contributed by atoms with Crippen LogP contribution in [-0.2, 0) is 4.79 Å². The molecule has 0 aromatic heterocycles. The lowest BCUT2D eigenvalue weighted by Gasteiger charge is -2.55. The Balaban J connectivity index is 1.31. The molecule has 4 saturated carbocycles. The second-order valence-corrected chi connectivity index (χ2v) is 10.1. The van der Waals surface area contributed by atoms with Crippen molar-refractivity contribution in [2.45, 2.75) is 83.6 Å². The Hall–Kier alpha value is -0.370. The van der Waals surface area contributed by atoms with Gasteiger partial charge in [-0.15, -0.1) is 0 Å². The number of rotatable bonds is 1. The second-order valence-electron chi connectivity index (χ2n) is 10.1. The average Bonchev–Trinajstić information content (AvgIpc) is 3.23. The van der Waals surface area contributed by atoms with Crippen molar-refractivity contribution in [2.24, 2.45) is 35.0 Å². The molecule has 0 amide bonds. The van der Waals surface area contributed by atoms with Crippen molar-refractivity contribution in [1.82, 2.24) is 4.90 Å². The Labute approximate surface area is 147 Å². The Bertz CT molecular complexity index is 510. The third-order valence-corrected chi connectivity index (χ3v) is 9.29. The van der Waals surface area contributed by atoms with Gasteiger partial charge in [0.15, 0.2) is 0 Å². The molecule has 4 aliphatic carbocycles. The van der Waals surface area contributed by atoms with Crippen molar-refractivity contribution >= 4 is 5.78 Å². The molecule has 5 fully saturated rings. The van der Waals surface area contributed by atoms with Crippen LogP contribution in [0.4, 0.5) is 0 Å². The van der Waals surface area contributed by atoms with E-state index in [1.54, 1.807) is 0 Å². The fraction of sp³-hybridized carbons (Fsp3) is 0.955. The smallest absolute Gasteiger partial charge is 0.139 e. The maximum absolute atomic E-state index is 12.5. The van der Waals surface area contributed by atoms with E-state index in [1.807, 2.05) is 0 Å². The van der Waals surface area contributed by atoms with Crippen LogP contribution in [0.1, 0.15) is 77.6 Å². The number of nitrogens with zero attached hydrogens (tertiary/aromatic N) is 1. The molecule has 5 rings (SSSR count).